The molecule has 0 saturated carbocycles. The van der Waals surface area contributed by atoms with Crippen molar-refractivity contribution in [1.82, 2.24) is 26.6 Å². The van der Waals surface area contributed by atoms with Crippen molar-refractivity contribution in [3.63, 3.8) is 0 Å². The number of nitrogens with one attached hydrogen (secondary N) is 5. The molecule has 0 heterocycles. The molecule has 0 aliphatic heterocycles. The Morgan fingerprint density at radius 3 is 1.39 bits per heavy atom. The molecule has 13 nitrogen and oxygen atoms in total. The van der Waals surface area contributed by atoms with E-state index in [2.05, 4.69) is 45.7 Å². The van der Waals surface area contributed by atoms with Gasteiger partial charge in [-0.3, -0.25) is 14.4 Å². The highest BCUT2D eigenvalue weighted by Crippen LogP contribution is 2.25. The number of ether oxygens (including phenoxy) is 2. The second kappa shape index (κ2) is 28.2. The Hall–Kier alpha value is -4.29. The Morgan fingerprint density at radius 1 is 0.554 bits per heavy atom. The highest BCUT2D eigenvalue weighted by atomic mass is 16.6. The zero-order valence-corrected chi connectivity index (χ0v) is 35.5. The van der Waals surface area contributed by atoms with E-state index in [9.17, 15) is 29.1 Å². The van der Waals surface area contributed by atoms with Crippen LogP contribution in [-0.4, -0.2) is 59.3 Å². The molecule has 1 rings (SSSR count). The Bertz CT molecular complexity index is 1370. The van der Waals surface area contributed by atoms with E-state index in [0.29, 0.717) is 23.1 Å². The van der Waals surface area contributed by atoms with Crippen molar-refractivity contribution in [2.75, 3.05) is 13.1 Å². The molecule has 1 aromatic rings. The molecule has 0 atom stereocenters. The number of rotatable bonds is 27. The molecule has 0 aliphatic carbocycles. The van der Waals surface area contributed by atoms with Gasteiger partial charge in [-0.2, -0.15) is 0 Å². The second-order valence-corrected chi connectivity index (χ2v) is 16.3. The number of carbonyl (C=O) groups is 5. The molecular weight excluding hydrogens is 715 g/mol. The minimum absolute atomic E-state index is 0.00758. The summed E-state index contributed by atoms with van der Waals surface area (Å²) in [7, 11) is 0. The predicted octanol–water partition coefficient (Wildman–Crippen LogP) is 8.11. The minimum Gasteiger partial charge on any atom is -0.507 e. The van der Waals surface area contributed by atoms with Gasteiger partial charge in [0.1, 0.15) is 17.0 Å². The highest BCUT2D eigenvalue weighted by Gasteiger charge is 2.18. The van der Waals surface area contributed by atoms with Crippen LogP contribution >= 0.6 is 0 Å². The summed E-state index contributed by atoms with van der Waals surface area (Å²) in [6.45, 7) is 13.0. The van der Waals surface area contributed by atoms with Crippen LogP contribution in [0.25, 0.3) is 0 Å². The number of amides is 5. The van der Waals surface area contributed by atoms with Crippen molar-refractivity contribution in [2.24, 2.45) is 0 Å². The van der Waals surface area contributed by atoms with E-state index >= 15 is 0 Å². The van der Waals surface area contributed by atoms with E-state index in [1.54, 1.807) is 53.7 Å². The lowest BCUT2D eigenvalue weighted by atomic mass is 10.0. The number of unbranched alkanes of at least 4 members (excludes halogenated alkanes) is 11. The van der Waals surface area contributed by atoms with Crippen molar-refractivity contribution in [2.45, 2.75) is 182 Å². The quantitative estimate of drug-likeness (QED) is 0.0382. The number of hydrogen-bond acceptors (Lipinski definition) is 8. The van der Waals surface area contributed by atoms with E-state index in [-0.39, 0.29) is 69.0 Å². The maximum atomic E-state index is 12.7. The number of benzene rings is 1. The van der Waals surface area contributed by atoms with Crippen LogP contribution in [0.4, 0.5) is 9.59 Å². The van der Waals surface area contributed by atoms with Crippen LogP contribution in [0.1, 0.15) is 168 Å². The van der Waals surface area contributed by atoms with Gasteiger partial charge in [0.2, 0.25) is 17.7 Å². The Kier molecular flexibility index (Phi) is 25.0. The van der Waals surface area contributed by atoms with Crippen molar-refractivity contribution in [3.05, 3.63) is 41.0 Å². The summed E-state index contributed by atoms with van der Waals surface area (Å²) in [6, 6.07) is 3.37. The van der Waals surface area contributed by atoms with Crippen molar-refractivity contribution >= 4 is 29.9 Å². The maximum absolute atomic E-state index is 12.7. The lowest BCUT2D eigenvalue weighted by molar-refractivity contribution is -0.122. The van der Waals surface area contributed by atoms with Crippen LogP contribution in [0, 0.1) is 0 Å². The normalized spacial score (nSPS) is 11.6. The monoisotopic (exact) mass is 788 g/mol. The van der Waals surface area contributed by atoms with Crippen molar-refractivity contribution in [1.29, 1.82) is 0 Å². The fourth-order valence-corrected chi connectivity index (χ4v) is 5.60. The predicted molar refractivity (Wildman–Crippen MR) is 221 cm³/mol. The molecule has 0 aliphatic rings. The van der Waals surface area contributed by atoms with Gasteiger partial charge in [0, 0.05) is 63.1 Å². The third-order valence-corrected chi connectivity index (χ3v) is 8.48. The lowest BCUT2D eigenvalue weighted by Crippen LogP contribution is -2.35. The van der Waals surface area contributed by atoms with E-state index in [1.165, 1.54) is 44.9 Å². The molecule has 56 heavy (non-hydrogen) atoms. The SMILES string of the molecule is CCCCCCCC/C=C\CCCCCCCC(=O)NCc1cc(CNC(=O)CCNC(=O)OC(C)(C)C)cc(CNC(=O)CCNC(=O)OC(C)(C)C)c1O. The summed E-state index contributed by atoms with van der Waals surface area (Å²) in [5.74, 6) is -0.858. The van der Waals surface area contributed by atoms with Crippen LogP contribution in [0.15, 0.2) is 24.3 Å². The van der Waals surface area contributed by atoms with E-state index < -0.39 is 23.4 Å². The second-order valence-electron chi connectivity index (χ2n) is 16.3. The number of carbonyl (C=O) groups excluding carboxylic acids is 5. The summed E-state index contributed by atoms with van der Waals surface area (Å²) < 4.78 is 10.4. The van der Waals surface area contributed by atoms with Crippen LogP contribution < -0.4 is 26.6 Å². The molecule has 318 valence electrons. The maximum Gasteiger partial charge on any atom is 0.407 e. The number of phenols is 1. The molecule has 0 bridgehead atoms. The van der Waals surface area contributed by atoms with Crippen LogP contribution in [0.2, 0.25) is 0 Å². The molecule has 0 fully saturated rings. The molecule has 0 saturated heterocycles. The third-order valence-electron chi connectivity index (χ3n) is 8.48. The number of allylic oxidation sites excluding steroid dienone is 2. The van der Waals surface area contributed by atoms with E-state index in [1.807, 2.05) is 0 Å². The molecular formula is C43H73N5O8. The molecule has 0 unspecified atom stereocenters. The van der Waals surface area contributed by atoms with Gasteiger partial charge in [-0.15, -0.1) is 0 Å². The highest BCUT2D eigenvalue weighted by molar-refractivity contribution is 5.78. The topological polar surface area (TPSA) is 184 Å². The van der Waals surface area contributed by atoms with E-state index in [4.69, 9.17) is 9.47 Å². The Labute approximate surface area is 336 Å². The number of alkyl carbamates (subject to hydrolysis) is 2. The summed E-state index contributed by atoms with van der Waals surface area (Å²) in [5.41, 5.74) is 0.177. The molecule has 5 amide bonds. The lowest BCUT2D eigenvalue weighted by Gasteiger charge is -2.19. The minimum atomic E-state index is -0.660. The number of aromatic hydroxyl groups is 1. The number of hydrogen-bond donors (Lipinski definition) is 6. The Morgan fingerprint density at radius 2 is 0.946 bits per heavy atom. The molecule has 13 heteroatoms. The van der Waals surface area contributed by atoms with E-state index in [0.717, 1.165) is 38.5 Å². The molecule has 0 aromatic heterocycles. The standard InChI is InChI=1S/C43H73N5O8/c1-8-9-10-11-12-13-14-15-16-17-18-19-20-21-22-23-36(49)47-31-34-28-33(30-46-37(50)24-26-44-40(53)55-42(2,3)4)29-35(39(34)52)32-48-38(51)25-27-45-41(54)56-43(5,6)7/h15-16,28-29,52H,8-14,17-27,30-32H2,1-7H3,(H,44,53)(H,45,54)(H,46,50)(H,47,49)(H,48,51)/b16-15-. The molecule has 0 spiro atoms. The average Bonchev–Trinajstić information content (AvgIpc) is 3.10. The summed E-state index contributed by atoms with van der Waals surface area (Å²) in [4.78, 5) is 61.6. The van der Waals surface area contributed by atoms with Gasteiger partial charge < -0.3 is 41.2 Å². The first-order chi connectivity index (χ1) is 26.5. The van der Waals surface area contributed by atoms with Crippen LogP contribution in [-0.2, 0) is 43.5 Å². The third kappa shape index (κ3) is 27.3. The van der Waals surface area contributed by atoms with Gasteiger partial charge in [0.05, 0.1) is 0 Å². The zero-order valence-electron chi connectivity index (χ0n) is 35.5. The largest absolute Gasteiger partial charge is 0.507 e. The van der Waals surface area contributed by atoms with Crippen molar-refractivity contribution < 1.29 is 38.6 Å². The molecule has 0 radical (unpaired) electrons. The Balaban J connectivity index is 2.65. The summed E-state index contributed by atoms with van der Waals surface area (Å²) in [5, 5.41) is 24.7. The van der Waals surface area contributed by atoms with Crippen molar-refractivity contribution in [3.8, 4) is 5.75 Å². The zero-order chi connectivity index (χ0) is 41.8. The summed E-state index contributed by atoms with van der Waals surface area (Å²) in [6.07, 6.45) is 19.1. The molecule has 1 aromatic carbocycles. The first kappa shape index (κ1) is 49.7. The van der Waals surface area contributed by atoms with Crippen LogP contribution in [0.5, 0.6) is 5.75 Å². The fraction of sp³-hybridized carbons (Fsp3) is 0.698. The first-order valence-corrected chi connectivity index (χ1v) is 20.7. The van der Waals surface area contributed by atoms with Gasteiger partial charge in [-0.1, -0.05) is 70.4 Å². The van der Waals surface area contributed by atoms with Gasteiger partial charge in [-0.05, 0) is 91.3 Å². The number of phenolic OH excluding ortho intramolecular Hbond substituents is 1. The average molecular weight is 788 g/mol. The first-order valence-electron chi connectivity index (χ1n) is 20.7. The molecule has 6 N–H and O–H groups in total. The van der Waals surface area contributed by atoms with Gasteiger partial charge in [0.25, 0.3) is 0 Å². The smallest absolute Gasteiger partial charge is 0.407 e. The van der Waals surface area contributed by atoms with Gasteiger partial charge in [-0.25, -0.2) is 9.59 Å². The van der Waals surface area contributed by atoms with Gasteiger partial charge >= 0.3 is 12.2 Å². The fourth-order valence-electron chi connectivity index (χ4n) is 5.60. The summed E-state index contributed by atoms with van der Waals surface area (Å²) >= 11 is 0. The van der Waals surface area contributed by atoms with Gasteiger partial charge in [0.15, 0.2) is 0 Å². The van der Waals surface area contributed by atoms with Crippen LogP contribution in [0.3, 0.4) is 0 Å².